The summed E-state index contributed by atoms with van der Waals surface area (Å²) in [4.78, 5) is 24.1. The van der Waals surface area contributed by atoms with Gasteiger partial charge in [0.2, 0.25) is 15.2 Å². The molecule has 8 heteroatoms. The highest BCUT2D eigenvalue weighted by atomic mass is 32.2. The number of sulfone groups is 1. The third-order valence-electron chi connectivity index (χ3n) is 3.62. The van der Waals surface area contributed by atoms with Gasteiger partial charge in [-0.1, -0.05) is 48.0 Å². The SMILES string of the molecule is CCOC(=O)[C@@H](NC(=O)OCc1ccccc1)S(=O)(=O)c1ccc(C)cc1. The molecule has 7 nitrogen and oxygen atoms in total. The molecule has 0 fully saturated rings. The van der Waals surface area contributed by atoms with Crippen molar-refractivity contribution in [2.24, 2.45) is 0 Å². The van der Waals surface area contributed by atoms with Gasteiger partial charge in [0.05, 0.1) is 11.5 Å². The first-order chi connectivity index (χ1) is 12.8. The second kappa shape index (κ2) is 9.18. The van der Waals surface area contributed by atoms with E-state index in [2.05, 4.69) is 5.32 Å². The Morgan fingerprint density at radius 1 is 1.00 bits per heavy atom. The number of esters is 1. The molecule has 1 N–H and O–H groups in total. The Balaban J connectivity index is 2.17. The van der Waals surface area contributed by atoms with Crippen molar-refractivity contribution >= 4 is 21.9 Å². The number of hydrogen-bond donors (Lipinski definition) is 1. The van der Waals surface area contributed by atoms with Crippen LogP contribution in [0.1, 0.15) is 18.1 Å². The lowest BCUT2D eigenvalue weighted by molar-refractivity contribution is -0.143. The minimum atomic E-state index is -4.20. The molecule has 0 aliphatic carbocycles. The van der Waals surface area contributed by atoms with Crippen molar-refractivity contribution in [3.8, 4) is 0 Å². The Kier molecular flexibility index (Phi) is 6.95. The van der Waals surface area contributed by atoms with Crippen molar-refractivity contribution in [3.05, 3.63) is 65.7 Å². The Labute approximate surface area is 158 Å². The first-order valence-electron chi connectivity index (χ1n) is 8.29. The van der Waals surface area contributed by atoms with Crippen LogP contribution in [0.4, 0.5) is 4.79 Å². The predicted octanol–water partition coefficient (Wildman–Crippen LogP) is 2.58. The van der Waals surface area contributed by atoms with Crippen molar-refractivity contribution in [3.63, 3.8) is 0 Å². The fraction of sp³-hybridized carbons (Fsp3) is 0.263. The summed E-state index contributed by atoms with van der Waals surface area (Å²) in [6, 6.07) is 14.8. The van der Waals surface area contributed by atoms with Gasteiger partial charge in [0.1, 0.15) is 6.61 Å². The molecular formula is C19H21NO6S. The summed E-state index contributed by atoms with van der Waals surface area (Å²) in [5.41, 5.74) is 1.58. The smallest absolute Gasteiger partial charge is 0.408 e. The summed E-state index contributed by atoms with van der Waals surface area (Å²) in [6.07, 6.45) is -1.03. The molecule has 0 bridgehead atoms. The molecule has 0 heterocycles. The van der Waals surface area contributed by atoms with Crippen molar-refractivity contribution in [2.45, 2.75) is 30.7 Å². The molecule has 0 spiro atoms. The van der Waals surface area contributed by atoms with Crippen LogP contribution in [-0.4, -0.2) is 32.5 Å². The number of nitrogens with one attached hydrogen (secondary N) is 1. The van der Waals surface area contributed by atoms with Gasteiger partial charge in [0, 0.05) is 0 Å². The van der Waals surface area contributed by atoms with Gasteiger partial charge in [-0.3, -0.25) is 5.32 Å². The van der Waals surface area contributed by atoms with Crippen molar-refractivity contribution in [1.82, 2.24) is 5.32 Å². The first-order valence-corrected chi connectivity index (χ1v) is 9.83. The van der Waals surface area contributed by atoms with Gasteiger partial charge in [-0.15, -0.1) is 0 Å². The van der Waals surface area contributed by atoms with E-state index >= 15 is 0 Å². The van der Waals surface area contributed by atoms with Gasteiger partial charge >= 0.3 is 12.1 Å². The minimum Gasteiger partial charge on any atom is -0.464 e. The topological polar surface area (TPSA) is 98.8 Å². The monoisotopic (exact) mass is 391 g/mol. The lowest BCUT2D eigenvalue weighted by Crippen LogP contribution is -2.47. The summed E-state index contributed by atoms with van der Waals surface area (Å²) in [6.45, 7) is 3.26. The fourth-order valence-corrected chi connectivity index (χ4v) is 3.58. The molecule has 1 atom stereocenters. The molecule has 27 heavy (non-hydrogen) atoms. The van der Waals surface area contributed by atoms with Crippen LogP contribution in [0.2, 0.25) is 0 Å². The Morgan fingerprint density at radius 2 is 1.63 bits per heavy atom. The molecule has 0 saturated heterocycles. The Morgan fingerprint density at radius 3 is 2.22 bits per heavy atom. The van der Waals surface area contributed by atoms with E-state index in [1.54, 1.807) is 50.2 Å². The Bertz CT molecular complexity index is 878. The van der Waals surface area contributed by atoms with Gasteiger partial charge in [-0.2, -0.15) is 0 Å². The van der Waals surface area contributed by atoms with Crippen molar-refractivity contribution in [1.29, 1.82) is 0 Å². The van der Waals surface area contributed by atoms with Crippen molar-refractivity contribution in [2.75, 3.05) is 6.61 Å². The number of ether oxygens (including phenoxy) is 2. The van der Waals surface area contributed by atoms with E-state index in [1.807, 2.05) is 6.07 Å². The molecule has 0 aliphatic rings. The number of hydrogen-bond acceptors (Lipinski definition) is 6. The highest BCUT2D eigenvalue weighted by Gasteiger charge is 2.37. The number of aryl methyl sites for hydroxylation is 1. The van der Waals surface area contributed by atoms with E-state index in [0.717, 1.165) is 11.1 Å². The summed E-state index contributed by atoms with van der Waals surface area (Å²) in [5, 5.41) is 0.202. The van der Waals surface area contributed by atoms with Gasteiger partial charge < -0.3 is 9.47 Å². The number of benzene rings is 2. The largest absolute Gasteiger partial charge is 0.464 e. The number of alkyl carbamates (subject to hydrolysis) is 1. The molecule has 1 amide bonds. The molecule has 0 radical (unpaired) electrons. The summed E-state index contributed by atoms with van der Waals surface area (Å²) in [5.74, 6) is -1.07. The molecule has 2 aromatic rings. The van der Waals surface area contributed by atoms with Crippen molar-refractivity contribution < 1.29 is 27.5 Å². The Hall–Kier alpha value is -2.87. The van der Waals surface area contributed by atoms with Crippen LogP contribution >= 0.6 is 0 Å². The van der Waals surface area contributed by atoms with E-state index in [-0.39, 0.29) is 18.1 Å². The fourth-order valence-electron chi connectivity index (χ4n) is 2.22. The zero-order valence-electron chi connectivity index (χ0n) is 15.0. The van der Waals surface area contributed by atoms with Crippen LogP contribution in [-0.2, 0) is 30.7 Å². The summed E-state index contributed by atoms with van der Waals surface area (Å²) >= 11 is 0. The summed E-state index contributed by atoms with van der Waals surface area (Å²) in [7, 11) is -4.20. The molecule has 0 saturated carbocycles. The zero-order valence-corrected chi connectivity index (χ0v) is 15.9. The number of carbonyl (C=O) groups excluding carboxylic acids is 2. The third-order valence-corrected chi connectivity index (χ3v) is 5.48. The van der Waals surface area contributed by atoms with E-state index in [9.17, 15) is 18.0 Å². The van der Waals surface area contributed by atoms with Gasteiger partial charge in [0.15, 0.2) is 0 Å². The second-order valence-corrected chi connectivity index (χ2v) is 7.73. The second-order valence-electron chi connectivity index (χ2n) is 5.70. The van der Waals surface area contributed by atoms with Crippen LogP contribution in [0.15, 0.2) is 59.5 Å². The van der Waals surface area contributed by atoms with Gasteiger partial charge in [-0.25, -0.2) is 18.0 Å². The lowest BCUT2D eigenvalue weighted by Gasteiger charge is -2.18. The first kappa shape index (κ1) is 20.4. The maximum Gasteiger partial charge on any atom is 0.408 e. The maximum absolute atomic E-state index is 12.8. The van der Waals surface area contributed by atoms with Gasteiger partial charge in [-0.05, 0) is 31.5 Å². The quantitative estimate of drug-likeness (QED) is 0.729. The van der Waals surface area contributed by atoms with Crippen LogP contribution < -0.4 is 5.32 Å². The lowest BCUT2D eigenvalue weighted by atomic mass is 10.2. The molecule has 2 aromatic carbocycles. The average Bonchev–Trinajstić information content (AvgIpc) is 2.65. The number of carbonyl (C=O) groups is 2. The molecule has 0 unspecified atom stereocenters. The van der Waals surface area contributed by atoms with Crippen LogP contribution in [0.5, 0.6) is 0 Å². The standard InChI is InChI=1S/C19H21NO6S/c1-3-25-18(21)17(27(23,24)16-11-9-14(2)10-12-16)20-19(22)26-13-15-7-5-4-6-8-15/h4-12,17H,3,13H2,1-2H3,(H,20,22)/t17-/m0/s1. The highest BCUT2D eigenvalue weighted by molar-refractivity contribution is 7.92. The normalized spacial score (nSPS) is 12.1. The highest BCUT2D eigenvalue weighted by Crippen LogP contribution is 2.17. The van der Waals surface area contributed by atoms with Crippen LogP contribution in [0.25, 0.3) is 0 Å². The maximum atomic E-state index is 12.8. The van der Waals surface area contributed by atoms with E-state index in [0.29, 0.717) is 0 Å². The minimum absolute atomic E-state index is 0.0283. The molecule has 144 valence electrons. The molecular weight excluding hydrogens is 370 g/mol. The van der Waals surface area contributed by atoms with E-state index < -0.39 is 27.3 Å². The summed E-state index contributed by atoms with van der Waals surface area (Å²) < 4.78 is 35.4. The molecule has 0 aromatic heterocycles. The van der Waals surface area contributed by atoms with Gasteiger partial charge in [0.25, 0.3) is 0 Å². The zero-order chi connectivity index (χ0) is 19.9. The van der Waals surface area contributed by atoms with Crippen LogP contribution in [0, 0.1) is 6.92 Å². The predicted molar refractivity (Wildman–Crippen MR) is 98.5 cm³/mol. The van der Waals surface area contributed by atoms with Crippen LogP contribution in [0.3, 0.4) is 0 Å². The van der Waals surface area contributed by atoms with E-state index in [4.69, 9.17) is 9.47 Å². The number of rotatable bonds is 7. The molecule has 0 aliphatic heterocycles. The van der Waals surface area contributed by atoms with E-state index in [1.165, 1.54) is 12.1 Å². The molecule has 2 rings (SSSR count). The number of amides is 1. The average molecular weight is 391 g/mol. The third kappa shape index (κ3) is 5.55.